The van der Waals surface area contributed by atoms with Gasteiger partial charge in [0.15, 0.2) is 0 Å². The highest BCUT2D eigenvalue weighted by molar-refractivity contribution is 7.86. The van der Waals surface area contributed by atoms with E-state index in [1.807, 2.05) is 0 Å². The fraction of sp³-hybridized carbons (Fsp3) is 0.650. The molecule has 1 amide bonds. The average Bonchev–Trinajstić information content (AvgIpc) is 2.75. The second kappa shape index (κ2) is 10.3. The van der Waals surface area contributed by atoms with E-state index in [9.17, 15) is 17.6 Å². The lowest BCUT2D eigenvalue weighted by molar-refractivity contribution is -0.132. The third kappa shape index (κ3) is 5.63. The van der Waals surface area contributed by atoms with Crippen molar-refractivity contribution < 1.29 is 22.3 Å². The molecule has 0 bridgehead atoms. The number of amides is 1. The van der Waals surface area contributed by atoms with Crippen LogP contribution in [-0.2, 0) is 15.0 Å². The minimum atomic E-state index is -3.51. The largest absolute Gasteiger partial charge is 0.491 e. The van der Waals surface area contributed by atoms with Gasteiger partial charge in [0.1, 0.15) is 11.6 Å². The molecule has 1 aromatic rings. The van der Waals surface area contributed by atoms with Crippen LogP contribution < -0.4 is 4.74 Å². The van der Waals surface area contributed by atoms with E-state index in [0.29, 0.717) is 18.8 Å². The molecule has 0 spiro atoms. The molecule has 30 heavy (non-hydrogen) atoms. The van der Waals surface area contributed by atoms with Crippen LogP contribution in [-0.4, -0.2) is 73.7 Å². The Labute approximate surface area is 182 Å². The molecule has 0 unspecified atom stereocenters. The van der Waals surface area contributed by atoms with Crippen LogP contribution in [0.15, 0.2) is 18.2 Å². The number of ether oxygens (including phenoxy) is 1. The van der Waals surface area contributed by atoms with Crippen molar-refractivity contribution >= 4 is 27.7 Å². The first-order chi connectivity index (χ1) is 14.3. The molecule has 2 fully saturated rings. The van der Waals surface area contributed by atoms with Crippen LogP contribution in [0, 0.1) is 5.82 Å². The van der Waals surface area contributed by atoms with Gasteiger partial charge in [-0.15, -0.1) is 0 Å². The van der Waals surface area contributed by atoms with Gasteiger partial charge in [0.2, 0.25) is 5.91 Å². The zero-order valence-electron chi connectivity index (χ0n) is 17.2. The Morgan fingerprint density at radius 2 is 1.87 bits per heavy atom. The van der Waals surface area contributed by atoms with Crippen molar-refractivity contribution in [1.29, 1.82) is 0 Å². The Morgan fingerprint density at radius 1 is 1.20 bits per heavy atom. The number of hydrogen-bond donors (Lipinski definition) is 0. The summed E-state index contributed by atoms with van der Waals surface area (Å²) in [7, 11) is -1.85. The lowest BCUT2D eigenvalue weighted by atomic mass is 9.96. The molecule has 1 aliphatic heterocycles. The van der Waals surface area contributed by atoms with Gasteiger partial charge >= 0.3 is 0 Å². The number of nitrogens with zero attached hydrogens (tertiary/aromatic N) is 3. The van der Waals surface area contributed by atoms with E-state index in [1.54, 1.807) is 11.9 Å². The Bertz CT molecular complexity index is 840. The monoisotopic (exact) mass is 461 g/mol. The fourth-order valence-electron chi connectivity index (χ4n) is 3.98. The van der Waals surface area contributed by atoms with Gasteiger partial charge in [-0.25, -0.2) is 4.39 Å². The van der Waals surface area contributed by atoms with Gasteiger partial charge in [0.05, 0.1) is 18.1 Å². The number of rotatable bonds is 7. The van der Waals surface area contributed by atoms with Crippen molar-refractivity contribution in [3.63, 3.8) is 0 Å². The SMILES string of the molecule is CN(C1CCCCC1)S(=O)(=O)N1CCN(C(=O)CCOc2ccc(F)cc2Cl)CC1. The van der Waals surface area contributed by atoms with E-state index in [0.717, 1.165) is 31.7 Å². The van der Waals surface area contributed by atoms with Crippen LogP contribution in [0.1, 0.15) is 38.5 Å². The van der Waals surface area contributed by atoms with Crippen LogP contribution in [0.25, 0.3) is 0 Å². The van der Waals surface area contributed by atoms with Gasteiger partial charge in [-0.2, -0.15) is 17.0 Å². The molecule has 0 N–H and O–H groups in total. The summed E-state index contributed by atoms with van der Waals surface area (Å²) in [6.45, 7) is 1.40. The zero-order chi connectivity index (χ0) is 21.7. The molecule has 0 aromatic heterocycles. The molecule has 1 aliphatic carbocycles. The first-order valence-electron chi connectivity index (χ1n) is 10.4. The Hall–Kier alpha value is -1.42. The third-order valence-corrected chi connectivity index (χ3v) is 8.18. The quantitative estimate of drug-likeness (QED) is 0.626. The van der Waals surface area contributed by atoms with Crippen molar-refractivity contribution in [2.24, 2.45) is 0 Å². The van der Waals surface area contributed by atoms with E-state index in [2.05, 4.69) is 0 Å². The first kappa shape index (κ1) is 23.2. The Balaban J connectivity index is 1.45. The summed E-state index contributed by atoms with van der Waals surface area (Å²) >= 11 is 5.91. The molecule has 2 aliphatic rings. The van der Waals surface area contributed by atoms with Crippen LogP contribution >= 0.6 is 11.6 Å². The maximum absolute atomic E-state index is 13.1. The van der Waals surface area contributed by atoms with Gasteiger partial charge in [-0.3, -0.25) is 4.79 Å². The molecule has 1 heterocycles. The lowest BCUT2D eigenvalue weighted by Crippen LogP contribution is -2.55. The molecule has 7 nitrogen and oxygen atoms in total. The highest BCUT2D eigenvalue weighted by Gasteiger charge is 2.35. The summed E-state index contributed by atoms with van der Waals surface area (Å²) in [5, 5.41) is 0.156. The van der Waals surface area contributed by atoms with Gasteiger partial charge in [-0.05, 0) is 31.0 Å². The van der Waals surface area contributed by atoms with E-state index < -0.39 is 16.0 Å². The predicted octanol–water partition coefficient (Wildman–Crippen LogP) is 2.90. The fourth-order valence-corrected chi connectivity index (χ4v) is 5.78. The number of carbonyl (C=O) groups excluding carboxylic acids is 1. The molecular weight excluding hydrogens is 433 g/mol. The number of benzene rings is 1. The second-order valence-electron chi connectivity index (χ2n) is 7.77. The topological polar surface area (TPSA) is 70.2 Å². The van der Waals surface area contributed by atoms with Gasteiger partial charge < -0.3 is 9.64 Å². The zero-order valence-corrected chi connectivity index (χ0v) is 18.8. The molecule has 0 radical (unpaired) electrons. The maximum atomic E-state index is 13.1. The average molecular weight is 462 g/mol. The van der Waals surface area contributed by atoms with E-state index in [4.69, 9.17) is 16.3 Å². The van der Waals surface area contributed by atoms with E-state index in [-0.39, 0.29) is 43.1 Å². The molecule has 3 rings (SSSR count). The molecule has 1 aromatic carbocycles. The predicted molar refractivity (Wildman–Crippen MR) is 113 cm³/mol. The number of carbonyl (C=O) groups is 1. The van der Waals surface area contributed by atoms with Crippen molar-refractivity contribution in [1.82, 2.24) is 13.5 Å². The van der Waals surface area contributed by atoms with Gasteiger partial charge in [-0.1, -0.05) is 30.9 Å². The molecule has 1 saturated carbocycles. The number of halogens is 2. The molecule has 1 saturated heterocycles. The Kier molecular flexibility index (Phi) is 7.95. The summed E-state index contributed by atoms with van der Waals surface area (Å²) in [6, 6.07) is 3.89. The van der Waals surface area contributed by atoms with Crippen LogP contribution in [0.4, 0.5) is 4.39 Å². The van der Waals surface area contributed by atoms with Crippen molar-refractivity contribution in [3.05, 3.63) is 29.0 Å². The van der Waals surface area contributed by atoms with E-state index in [1.165, 1.54) is 27.2 Å². The lowest BCUT2D eigenvalue weighted by Gasteiger charge is -2.38. The molecule has 10 heteroatoms. The summed E-state index contributed by atoms with van der Waals surface area (Å²) in [5.41, 5.74) is 0. The molecule has 0 atom stereocenters. The summed E-state index contributed by atoms with van der Waals surface area (Å²) in [4.78, 5) is 14.1. The Morgan fingerprint density at radius 3 is 2.50 bits per heavy atom. The van der Waals surface area contributed by atoms with Crippen molar-refractivity contribution in [2.75, 3.05) is 39.8 Å². The van der Waals surface area contributed by atoms with Gasteiger partial charge in [0.25, 0.3) is 10.2 Å². The molecule has 168 valence electrons. The summed E-state index contributed by atoms with van der Waals surface area (Å²) < 4.78 is 47.4. The van der Waals surface area contributed by atoms with E-state index >= 15 is 0 Å². The standard InChI is InChI=1S/C20H29ClFN3O4S/c1-23(17-5-3-2-4-6-17)30(27,28)25-12-10-24(11-13-25)20(26)9-14-29-19-8-7-16(22)15-18(19)21/h7-8,15,17H,2-6,9-14H2,1H3. The van der Waals surface area contributed by atoms with Gasteiger partial charge in [0, 0.05) is 39.3 Å². The summed E-state index contributed by atoms with van der Waals surface area (Å²) in [5.74, 6) is -0.233. The highest BCUT2D eigenvalue weighted by Crippen LogP contribution is 2.26. The maximum Gasteiger partial charge on any atom is 0.282 e. The first-order valence-corrected chi connectivity index (χ1v) is 12.2. The van der Waals surface area contributed by atoms with Crippen LogP contribution in [0.3, 0.4) is 0 Å². The highest BCUT2D eigenvalue weighted by atomic mass is 35.5. The minimum absolute atomic E-state index is 0.0684. The minimum Gasteiger partial charge on any atom is -0.491 e. The van der Waals surface area contributed by atoms with Crippen molar-refractivity contribution in [2.45, 2.75) is 44.6 Å². The third-order valence-electron chi connectivity index (χ3n) is 5.84. The number of piperazine rings is 1. The van der Waals surface area contributed by atoms with Crippen LogP contribution in [0.5, 0.6) is 5.75 Å². The smallest absolute Gasteiger partial charge is 0.282 e. The normalized spacial score (nSPS) is 19.3. The second-order valence-corrected chi connectivity index (χ2v) is 10.2. The van der Waals surface area contributed by atoms with Crippen molar-refractivity contribution in [3.8, 4) is 5.75 Å². The number of hydrogen-bond acceptors (Lipinski definition) is 4. The summed E-state index contributed by atoms with van der Waals surface area (Å²) in [6.07, 6.45) is 5.26. The molecular formula is C20H29ClFN3O4S. The van der Waals surface area contributed by atoms with Crippen LogP contribution in [0.2, 0.25) is 5.02 Å².